The number of hydrogen-bond donors (Lipinski definition) is 1. The zero-order chi connectivity index (χ0) is 18.7. The van der Waals surface area contributed by atoms with Crippen LogP contribution in [0.2, 0.25) is 5.02 Å². The second kappa shape index (κ2) is 7.54. The second-order valence-electron chi connectivity index (χ2n) is 7.56. The van der Waals surface area contributed by atoms with Crippen LogP contribution in [0.25, 0.3) is 0 Å². The van der Waals surface area contributed by atoms with Crippen LogP contribution in [0.3, 0.4) is 0 Å². The van der Waals surface area contributed by atoms with Gasteiger partial charge in [-0.15, -0.1) is 0 Å². The maximum atomic E-state index is 12.4. The predicted molar refractivity (Wildman–Crippen MR) is 107 cm³/mol. The molecule has 0 bridgehead atoms. The number of amides is 1. The molecule has 0 radical (unpaired) electrons. The van der Waals surface area contributed by atoms with E-state index in [1.54, 1.807) is 12.3 Å². The molecule has 2 heterocycles. The lowest BCUT2D eigenvalue weighted by Gasteiger charge is -2.37. The fourth-order valence-corrected chi connectivity index (χ4v) is 3.20. The summed E-state index contributed by atoms with van der Waals surface area (Å²) in [5.41, 5.74) is 1.52. The molecule has 1 fully saturated rings. The van der Waals surface area contributed by atoms with Crippen LogP contribution < -0.4 is 15.1 Å². The highest BCUT2D eigenvalue weighted by molar-refractivity contribution is 6.30. The van der Waals surface area contributed by atoms with Crippen LogP contribution in [-0.2, 0) is 0 Å². The summed E-state index contributed by atoms with van der Waals surface area (Å²) < 4.78 is 0. The molecule has 138 valence electrons. The van der Waals surface area contributed by atoms with Gasteiger partial charge in [-0.2, -0.15) is 0 Å². The highest BCUT2D eigenvalue weighted by atomic mass is 35.5. The van der Waals surface area contributed by atoms with Gasteiger partial charge in [-0.25, -0.2) is 4.98 Å². The lowest BCUT2D eigenvalue weighted by atomic mass is 10.1. The number of pyridine rings is 1. The number of carbonyl (C=O) groups is 1. The minimum atomic E-state index is -0.261. The van der Waals surface area contributed by atoms with Crippen molar-refractivity contribution in [1.82, 2.24) is 10.3 Å². The first-order valence-corrected chi connectivity index (χ1v) is 9.24. The van der Waals surface area contributed by atoms with Crippen molar-refractivity contribution in [2.24, 2.45) is 0 Å². The van der Waals surface area contributed by atoms with Crippen LogP contribution in [0.5, 0.6) is 0 Å². The van der Waals surface area contributed by atoms with E-state index >= 15 is 0 Å². The highest BCUT2D eigenvalue weighted by Gasteiger charge is 2.20. The van der Waals surface area contributed by atoms with E-state index in [-0.39, 0.29) is 11.4 Å². The Kier molecular flexibility index (Phi) is 5.37. The molecule has 0 saturated carbocycles. The minimum absolute atomic E-state index is 0.0706. The fraction of sp³-hybridized carbons (Fsp3) is 0.400. The molecule has 0 atom stereocenters. The molecular formula is C20H25ClN4O. The van der Waals surface area contributed by atoms with Crippen LogP contribution in [0, 0.1) is 0 Å². The SMILES string of the molecule is CC(C)(C)NC(=O)c1ccnc(N2CCN(c3cccc(Cl)c3)CC2)c1. The molecule has 0 unspecified atom stereocenters. The molecule has 6 heteroatoms. The van der Waals surface area contributed by atoms with Crippen molar-refractivity contribution in [1.29, 1.82) is 0 Å². The van der Waals surface area contributed by atoms with Crippen molar-refractivity contribution in [2.75, 3.05) is 36.0 Å². The molecule has 2 aromatic rings. The number of hydrogen-bond acceptors (Lipinski definition) is 4. The molecule has 1 saturated heterocycles. The predicted octanol–water partition coefficient (Wildman–Crippen LogP) is 3.59. The summed E-state index contributed by atoms with van der Waals surface area (Å²) in [7, 11) is 0. The first kappa shape index (κ1) is 18.5. The number of nitrogens with zero attached hydrogens (tertiary/aromatic N) is 3. The molecule has 1 aliphatic heterocycles. The summed E-state index contributed by atoms with van der Waals surface area (Å²) in [4.78, 5) is 21.4. The summed E-state index contributed by atoms with van der Waals surface area (Å²) in [5.74, 6) is 0.774. The first-order valence-electron chi connectivity index (χ1n) is 8.86. The number of aromatic nitrogens is 1. The number of anilines is 2. The van der Waals surface area contributed by atoms with E-state index in [4.69, 9.17) is 11.6 Å². The van der Waals surface area contributed by atoms with Crippen molar-refractivity contribution in [3.8, 4) is 0 Å². The Morgan fingerprint density at radius 1 is 1.08 bits per heavy atom. The zero-order valence-corrected chi connectivity index (χ0v) is 16.3. The summed E-state index contributed by atoms with van der Waals surface area (Å²) in [6.45, 7) is 9.40. The third-order valence-electron chi connectivity index (χ3n) is 4.27. The van der Waals surface area contributed by atoms with Crippen LogP contribution >= 0.6 is 11.6 Å². The maximum Gasteiger partial charge on any atom is 0.251 e. The zero-order valence-electron chi connectivity index (χ0n) is 15.5. The minimum Gasteiger partial charge on any atom is -0.368 e. The van der Waals surface area contributed by atoms with Crippen molar-refractivity contribution >= 4 is 29.0 Å². The third-order valence-corrected chi connectivity index (χ3v) is 4.51. The summed E-state index contributed by atoms with van der Waals surface area (Å²) in [6.07, 6.45) is 1.70. The Morgan fingerprint density at radius 2 is 1.77 bits per heavy atom. The van der Waals surface area contributed by atoms with Gasteiger partial charge in [0.1, 0.15) is 5.82 Å². The van der Waals surface area contributed by atoms with Crippen LogP contribution in [0.15, 0.2) is 42.6 Å². The van der Waals surface area contributed by atoms with E-state index in [1.807, 2.05) is 45.0 Å². The van der Waals surface area contributed by atoms with Crippen molar-refractivity contribution < 1.29 is 4.79 Å². The molecule has 1 N–H and O–H groups in total. The summed E-state index contributed by atoms with van der Waals surface area (Å²) in [6, 6.07) is 11.6. The molecule has 0 aliphatic carbocycles. The Labute approximate surface area is 160 Å². The lowest BCUT2D eigenvalue weighted by Crippen LogP contribution is -2.47. The first-order chi connectivity index (χ1) is 12.3. The smallest absolute Gasteiger partial charge is 0.251 e. The third kappa shape index (κ3) is 4.67. The van der Waals surface area contributed by atoms with Crippen LogP contribution in [-0.4, -0.2) is 42.6 Å². The van der Waals surface area contributed by atoms with Crippen LogP contribution in [0.4, 0.5) is 11.5 Å². The van der Waals surface area contributed by atoms with Gasteiger partial charge in [0.05, 0.1) is 0 Å². The van der Waals surface area contributed by atoms with Gasteiger partial charge in [-0.05, 0) is 51.1 Å². The number of rotatable bonds is 3. The number of benzene rings is 1. The monoisotopic (exact) mass is 372 g/mol. The number of carbonyl (C=O) groups excluding carboxylic acids is 1. The van der Waals surface area contributed by atoms with Gasteiger partial charge in [0.25, 0.3) is 5.91 Å². The quantitative estimate of drug-likeness (QED) is 0.894. The van der Waals surface area contributed by atoms with Gasteiger partial charge in [0.15, 0.2) is 0 Å². The normalized spacial score (nSPS) is 15.1. The Hall–Kier alpha value is -2.27. The summed E-state index contributed by atoms with van der Waals surface area (Å²) in [5, 5.41) is 3.75. The lowest BCUT2D eigenvalue weighted by molar-refractivity contribution is 0.0919. The standard InChI is InChI=1S/C20H25ClN4O/c1-20(2,3)23-19(26)15-7-8-22-18(13-15)25-11-9-24(10-12-25)17-6-4-5-16(21)14-17/h4-8,13-14H,9-12H2,1-3H3,(H,23,26). The Balaban J connectivity index is 1.66. The van der Waals surface area contributed by atoms with Gasteiger partial charge in [-0.3, -0.25) is 4.79 Å². The Bertz CT molecular complexity index is 779. The summed E-state index contributed by atoms with van der Waals surface area (Å²) >= 11 is 6.10. The van der Waals surface area contributed by atoms with Gasteiger partial charge < -0.3 is 15.1 Å². The van der Waals surface area contributed by atoms with Crippen molar-refractivity contribution in [3.05, 3.63) is 53.2 Å². The Morgan fingerprint density at radius 3 is 2.42 bits per heavy atom. The van der Waals surface area contributed by atoms with Gasteiger partial charge >= 0.3 is 0 Å². The molecule has 1 aromatic heterocycles. The molecule has 0 spiro atoms. The molecular weight excluding hydrogens is 348 g/mol. The van der Waals surface area contributed by atoms with Crippen LogP contribution in [0.1, 0.15) is 31.1 Å². The second-order valence-corrected chi connectivity index (χ2v) is 8.00. The maximum absolute atomic E-state index is 12.4. The fourth-order valence-electron chi connectivity index (χ4n) is 3.01. The van der Waals surface area contributed by atoms with Crippen molar-refractivity contribution in [3.63, 3.8) is 0 Å². The largest absolute Gasteiger partial charge is 0.368 e. The van der Waals surface area contributed by atoms with E-state index in [0.29, 0.717) is 5.56 Å². The molecule has 3 rings (SSSR count). The number of halogens is 1. The van der Waals surface area contributed by atoms with E-state index in [0.717, 1.165) is 42.7 Å². The molecule has 1 aromatic carbocycles. The van der Waals surface area contributed by atoms with E-state index in [9.17, 15) is 4.79 Å². The number of piperazine rings is 1. The highest BCUT2D eigenvalue weighted by Crippen LogP contribution is 2.22. The molecule has 5 nitrogen and oxygen atoms in total. The van der Waals surface area contributed by atoms with E-state index < -0.39 is 0 Å². The van der Waals surface area contributed by atoms with E-state index in [2.05, 4.69) is 26.2 Å². The molecule has 1 aliphatic rings. The molecule has 26 heavy (non-hydrogen) atoms. The average Bonchev–Trinajstić information content (AvgIpc) is 2.60. The number of nitrogens with one attached hydrogen (secondary N) is 1. The average molecular weight is 373 g/mol. The van der Waals surface area contributed by atoms with Gasteiger partial charge in [0, 0.05) is 54.2 Å². The molecule has 1 amide bonds. The van der Waals surface area contributed by atoms with Gasteiger partial charge in [-0.1, -0.05) is 17.7 Å². The topological polar surface area (TPSA) is 48.5 Å². The van der Waals surface area contributed by atoms with Crippen molar-refractivity contribution in [2.45, 2.75) is 26.3 Å². The van der Waals surface area contributed by atoms with E-state index in [1.165, 1.54) is 0 Å². The van der Waals surface area contributed by atoms with Gasteiger partial charge in [0.2, 0.25) is 0 Å².